The number of urea groups is 1. The molecular weight excluding hydrogens is 302 g/mol. The van der Waals surface area contributed by atoms with Gasteiger partial charge in [-0.1, -0.05) is 19.3 Å². The van der Waals surface area contributed by atoms with Crippen molar-refractivity contribution in [1.82, 2.24) is 5.32 Å². The van der Waals surface area contributed by atoms with E-state index in [0.717, 1.165) is 25.7 Å². The van der Waals surface area contributed by atoms with Crippen LogP contribution in [0.1, 0.15) is 32.1 Å². The van der Waals surface area contributed by atoms with Gasteiger partial charge in [-0.2, -0.15) is 0 Å². The molecule has 8 heteroatoms. The summed E-state index contributed by atoms with van der Waals surface area (Å²) in [4.78, 5) is 22.7. The van der Waals surface area contributed by atoms with Crippen molar-refractivity contribution in [3.8, 4) is 11.5 Å². The predicted octanol–water partition coefficient (Wildman–Crippen LogP) is 3.07. The molecule has 23 heavy (non-hydrogen) atoms. The van der Waals surface area contributed by atoms with Crippen molar-refractivity contribution in [2.24, 2.45) is 0 Å². The molecule has 0 heterocycles. The van der Waals surface area contributed by atoms with Crippen molar-refractivity contribution in [3.05, 3.63) is 22.2 Å². The summed E-state index contributed by atoms with van der Waals surface area (Å²) in [5.74, 6) is 0.545. The maximum absolute atomic E-state index is 12.1. The van der Waals surface area contributed by atoms with E-state index in [2.05, 4.69) is 10.6 Å². The Hall–Kier alpha value is -2.51. The van der Waals surface area contributed by atoms with Gasteiger partial charge in [-0.05, 0) is 12.8 Å². The number of benzene rings is 1. The Balaban J connectivity index is 2.16. The zero-order chi connectivity index (χ0) is 16.8. The first kappa shape index (κ1) is 16.9. The number of nitro groups is 1. The number of carbonyl (C=O) groups excluding carboxylic acids is 1. The molecule has 0 atom stereocenters. The van der Waals surface area contributed by atoms with E-state index in [0.29, 0.717) is 5.75 Å². The highest BCUT2D eigenvalue weighted by Crippen LogP contribution is 2.37. The van der Waals surface area contributed by atoms with E-state index in [4.69, 9.17) is 9.47 Å². The number of nitrogens with zero attached hydrogens (tertiary/aromatic N) is 1. The molecule has 8 nitrogen and oxygen atoms in total. The smallest absolute Gasteiger partial charge is 0.319 e. The highest BCUT2D eigenvalue weighted by atomic mass is 16.6. The SMILES string of the molecule is COc1cc(NC(=O)NC2CCCCC2)c([N+](=O)[O-])cc1OC. The maximum atomic E-state index is 12.1. The van der Waals surface area contributed by atoms with Crippen LogP contribution >= 0.6 is 0 Å². The number of amides is 2. The van der Waals surface area contributed by atoms with Crippen molar-refractivity contribution in [2.45, 2.75) is 38.1 Å². The van der Waals surface area contributed by atoms with Crippen LogP contribution in [0.15, 0.2) is 12.1 Å². The summed E-state index contributed by atoms with van der Waals surface area (Å²) >= 11 is 0. The van der Waals surface area contributed by atoms with Crippen LogP contribution in [-0.2, 0) is 0 Å². The number of rotatable bonds is 5. The van der Waals surface area contributed by atoms with Crippen LogP contribution in [0.25, 0.3) is 0 Å². The van der Waals surface area contributed by atoms with E-state index in [1.54, 1.807) is 0 Å². The summed E-state index contributed by atoms with van der Waals surface area (Å²) in [5, 5.41) is 16.6. The third kappa shape index (κ3) is 4.24. The molecule has 2 rings (SSSR count). The normalized spacial score (nSPS) is 14.9. The standard InChI is InChI=1S/C15H21N3O5/c1-22-13-8-11(12(18(20)21)9-14(13)23-2)17-15(19)16-10-6-4-3-5-7-10/h8-10H,3-7H2,1-2H3,(H2,16,17,19). The summed E-state index contributed by atoms with van der Waals surface area (Å²) in [7, 11) is 2.82. The summed E-state index contributed by atoms with van der Waals surface area (Å²) < 4.78 is 10.2. The van der Waals surface area contributed by atoms with Gasteiger partial charge >= 0.3 is 6.03 Å². The third-order valence-corrected chi connectivity index (χ3v) is 3.89. The third-order valence-electron chi connectivity index (χ3n) is 3.89. The second-order valence-corrected chi connectivity index (χ2v) is 5.41. The maximum Gasteiger partial charge on any atom is 0.319 e. The number of hydrogen-bond acceptors (Lipinski definition) is 5. The Bertz CT molecular complexity index is 585. The molecule has 0 aromatic heterocycles. The highest BCUT2D eigenvalue weighted by Gasteiger charge is 2.22. The van der Waals surface area contributed by atoms with Crippen LogP contribution in [0.4, 0.5) is 16.2 Å². The number of hydrogen-bond donors (Lipinski definition) is 2. The van der Waals surface area contributed by atoms with E-state index in [1.807, 2.05) is 0 Å². The number of nitro benzene ring substituents is 1. The van der Waals surface area contributed by atoms with E-state index in [-0.39, 0.29) is 23.2 Å². The number of anilines is 1. The van der Waals surface area contributed by atoms with Gasteiger partial charge < -0.3 is 20.1 Å². The molecule has 1 fully saturated rings. The lowest BCUT2D eigenvalue weighted by Crippen LogP contribution is -2.39. The summed E-state index contributed by atoms with van der Waals surface area (Å²) in [6.07, 6.45) is 5.22. The minimum atomic E-state index is -0.571. The molecule has 0 saturated heterocycles. The minimum Gasteiger partial charge on any atom is -0.493 e. The lowest BCUT2D eigenvalue weighted by Gasteiger charge is -2.23. The van der Waals surface area contributed by atoms with Gasteiger partial charge in [0.25, 0.3) is 5.69 Å². The van der Waals surface area contributed by atoms with Crippen LogP contribution in [-0.4, -0.2) is 31.2 Å². The van der Waals surface area contributed by atoms with Crippen molar-refractivity contribution in [1.29, 1.82) is 0 Å². The monoisotopic (exact) mass is 323 g/mol. The van der Waals surface area contributed by atoms with Crippen molar-refractivity contribution >= 4 is 17.4 Å². The average Bonchev–Trinajstić information content (AvgIpc) is 2.54. The van der Waals surface area contributed by atoms with E-state index in [1.165, 1.54) is 32.8 Å². The molecule has 1 aromatic carbocycles. The topological polar surface area (TPSA) is 103 Å². The molecule has 0 radical (unpaired) electrons. The molecule has 0 unspecified atom stereocenters. The molecule has 0 aliphatic heterocycles. The van der Waals surface area contributed by atoms with Crippen LogP contribution in [0.2, 0.25) is 0 Å². The molecule has 126 valence electrons. The Morgan fingerprint density at radius 2 is 1.78 bits per heavy atom. The van der Waals surface area contributed by atoms with E-state index < -0.39 is 11.0 Å². The fourth-order valence-corrected chi connectivity index (χ4v) is 2.71. The zero-order valence-corrected chi connectivity index (χ0v) is 13.3. The van der Waals surface area contributed by atoms with Crippen molar-refractivity contribution in [2.75, 3.05) is 19.5 Å². The van der Waals surface area contributed by atoms with Gasteiger partial charge in [-0.25, -0.2) is 4.79 Å². The molecule has 1 aromatic rings. The molecule has 1 saturated carbocycles. The largest absolute Gasteiger partial charge is 0.493 e. The quantitative estimate of drug-likeness (QED) is 0.640. The van der Waals surface area contributed by atoms with E-state index >= 15 is 0 Å². The lowest BCUT2D eigenvalue weighted by molar-refractivity contribution is -0.384. The second-order valence-electron chi connectivity index (χ2n) is 5.41. The molecule has 2 N–H and O–H groups in total. The first-order valence-corrected chi connectivity index (χ1v) is 7.53. The fraction of sp³-hybridized carbons (Fsp3) is 0.533. The number of ether oxygens (including phenoxy) is 2. The van der Waals surface area contributed by atoms with Gasteiger partial charge in [-0.3, -0.25) is 10.1 Å². The summed E-state index contributed by atoms with van der Waals surface area (Å²) in [6, 6.07) is 2.28. The Morgan fingerprint density at radius 1 is 1.17 bits per heavy atom. The van der Waals surface area contributed by atoms with Crippen LogP contribution in [0, 0.1) is 10.1 Å². The first-order valence-electron chi connectivity index (χ1n) is 7.53. The predicted molar refractivity (Wildman–Crippen MR) is 85.2 cm³/mol. The zero-order valence-electron chi connectivity index (χ0n) is 13.3. The Morgan fingerprint density at radius 3 is 2.35 bits per heavy atom. The molecule has 1 aliphatic rings. The molecule has 2 amide bonds. The van der Waals surface area contributed by atoms with Crippen molar-refractivity contribution in [3.63, 3.8) is 0 Å². The van der Waals surface area contributed by atoms with Gasteiger partial charge in [0.1, 0.15) is 5.69 Å². The van der Waals surface area contributed by atoms with Crippen LogP contribution in [0.5, 0.6) is 11.5 Å². The highest BCUT2D eigenvalue weighted by molar-refractivity contribution is 5.92. The second kappa shape index (κ2) is 7.66. The van der Waals surface area contributed by atoms with Gasteiger partial charge in [0.15, 0.2) is 11.5 Å². The Kier molecular flexibility index (Phi) is 5.61. The van der Waals surface area contributed by atoms with Gasteiger partial charge in [0, 0.05) is 12.1 Å². The molecular formula is C15H21N3O5. The molecule has 0 bridgehead atoms. The van der Waals surface area contributed by atoms with Gasteiger partial charge in [0.2, 0.25) is 0 Å². The summed E-state index contributed by atoms with van der Waals surface area (Å²) in [6.45, 7) is 0. The lowest BCUT2D eigenvalue weighted by atomic mass is 9.96. The average molecular weight is 323 g/mol. The molecule has 0 spiro atoms. The number of methoxy groups -OCH3 is 2. The number of nitrogens with one attached hydrogen (secondary N) is 2. The van der Waals surface area contributed by atoms with Gasteiger partial charge in [-0.15, -0.1) is 0 Å². The minimum absolute atomic E-state index is 0.0703. The Labute approximate surface area is 134 Å². The van der Waals surface area contributed by atoms with Crippen LogP contribution in [0.3, 0.4) is 0 Å². The summed E-state index contributed by atoms with van der Waals surface area (Å²) in [5.41, 5.74) is -0.178. The van der Waals surface area contributed by atoms with Crippen LogP contribution < -0.4 is 20.1 Å². The van der Waals surface area contributed by atoms with Gasteiger partial charge in [0.05, 0.1) is 25.2 Å². The van der Waals surface area contributed by atoms with Crippen molar-refractivity contribution < 1.29 is 19.2 Å². The number of carbonyl (C=O) groups is 1. The molecule has 1 aliphatic carbocycles. The first-order chi connectivity index (χ1) is 11.0. The fourth-order valence-electron chi connectivity index (χ4n) is 2.71. The van der Waals surface area contributed by atoms with E-state index in [9.17, 15) is 14.9 Å².